The molecular formula is C23H40N4O5S. The molecule has 3 N–H and O–H groups in total. The molecule has 0 saturated carbocycles. The number of hydrogen-bond donors (Lipinski definition) is 2. The Kier molecular flexibility index (Phi) is 12.7. The lowest BCUT2D eigenvalue weighted by molar-refractivity contribution is -0.141. The van der Waals surface area contributed by atoms with Crippen LogP contribution in [-0.4, -0.2) is 82.4 Å². The van der Waals surface area contributed by atoms with Gasteiger partial charge in [0.2, 0.25) is 23.6 Å². The number of hydrogen-bond acceptors (Lipinski definition) is 7. The highest BCUT2D eigenvalue weighted by molar-refractivity contribution is 8.00. The summed E-state index contributed by atoms with van der Waals surface area (Å²) in [5.41, 5.74) is 5.44. The van der Waals surface area contributed by atoms with Gasteiger partial charge in [0.25, 0.3) is 0 Å². The molecule has 4 amide bonds. The highest BCUT2D eigenvalue weighted by Crippen LogP contribution is 2.27. The predicted octanol–water partition coefficient (Wildman–Crippen LogP) is 1.33. The number of likely N-dealkylation sites (N-methyl/N-ethyl adjacent to an activating group) is 1. The largest absolute Gasteiger partial charge is 0.353 e. The summed E-state index contributed by atoms with van der Waals surface area (Å²) in [4.78, 5) is 64.3. The van der Waals surface area contributed by atoms with Crippen molar-refractivity contribution >= 4 is 41.2 Å². The van der Waals surface area contributed by atoms with Crippen LogP contribution in [0.4, 0.5) is 0 Å². The number of nitrogens with two attached hydrogens (primary N) is 1. The number of thioether (sulfide) groups is 1. The Labute approximate surface area is 201 Å². The van der Waals surface area contributed by atoms with Crippen molar-refractivity contribution < 1.29 is 24.0 Å². The topological polar surface area (TPSA) is 130 Å². The number of rotatable bonds is 15. The molecule has 0 spiro atoms. The zero-order chi connectivity index (χ0) is 25.1. The second-order valence-corrected chi connectivity index (χ2v) is 10.3. The fourth-order valence-corrected chi connectivity index (χ4v) is 4.74. The molecule has 0 radical (unpaired) electrons. The van der Waals surface area contributed by atoms with E-state index in [0.717, 1.165) is 18.6 Å². The Morgan fingerprint density at radius 3 is 2.36 bits per heavy atom. The van der Waals surface area contributed by atoms with Gasteiger partial charge in [0.05, 0.1) is 5.25 Å². The standard InChI is InChI=1S/C23H40N4O5S/c1-15(2)18(28)13-17(22(31)25-11-10-24)26(5)20(29)9-7-6-8-12-33-19-14-21(30)27(16(3)4)23(19)32/h15-17,19H,6-14,24H2,1-5H3,(H,25,31). The van der Waals surface area contributed by atoms with Crippen molar-refractivity contribution in [1.82, 2.24) is 15.1 Å². The van der Waals surface area contributed by atoms with Crippen LogP contribution in [0, 0.1) is 5.92 Å². The maximum atomic E-state index is 12.7. The number of carbonyl (C=O) groups is 5. The van der Waals surface area contributed by atoms with Gasteiger partial charge in [0.1, 0.15) is 11.8 Å². The van der Waals surface area contributed by atoms with E-state index in [0.29, 0.717) is 6.42 Å². The van der Waals surface area contributed by atoms with Crippen LogP contribution in [0.2, 0.25) is 0 Å². The lowest BCUT2D eigenvalue weighted by Gasteiger charge is -2.27. The number of Topliss-reactive ketones (excluding diaryl/α,β-unsaturated/α-hetero) is 1. The molecule has 0 aromatic heterocycles. The first-order valence-corrected chi connectivity index (χ1v) is 12.8. The number of imide groups is 1. The number of carbonyl (C=O) groups excluding carboxylic acids is 5. The molecule has 188 valence electrons. The van der Waals surface area contributed by atoms with Crippen molar-refractivity contribution in [3.05, 3.63) is 0 Å². The molecule has 1 heterocycles. The van der Waals surface area contributed by atoms with Crippen molar-refractivity contribution in [3.8, 4) is 0 Å². The summed E-state index contributed by atoms with van der Waals surface area (Å²) in [5, 5.41) is 2.37. The third-order valence-corrected chi connectivity index (χ3v) is 6.95. The molecule has 1 aliphatic rings. The molecule has 1 fully saturated rings. The fraction of sp³-hybridized carbons (Fsp3) is 0.783. The van der Waals surface area contributed by atoms with E-state index in [1.807, 2.05) is 13.8 Å². The van der Waals surface area contributed by atoms with Crippen LogP contribution in [0.1, 0.15) is 66.2 Å². The van der Waals surface area contributed by atoms with Gasteiger partial charge in [-0.15, -0.1) is 11.8 Å². The van der Waals surface area contributed by atoms with Gasteiger partial charge < -0.3 is 16.0 Å². The predicted molar refractivity (Wildman–Crippen MR) is 129 cm³/mol. The Hall–Kier alpha value is -1.94. The molecule has 0 aromatic rings. The lowest BCUT2D eigenvalue weighted by Crippen LogP contribution is -2.49. The molecule has 33 heavy (non-hydrogen) atoms. The molecule has 9 nitrogen and oxygen atoms in total. The second kappa shape index (κ2) is 14.3. The number of amides is 4. The first-order chi connectivity index (χ1) is 15.5. The molecule has 10 heteroatoms. The number of ketones is 1. The van der Waals surface area contributed by atoms with E-state index in [1.165, 1.54) is 21.6 Å². The zero-order valence-electron chi connectivity index (χ0n) is 20.6. The number of likely N-dealkylation sites (tertiary alicyclic amines) is 1. The van der Waals surface area contributed by atoms with Gasteiger partial charge in [-0.2, -0.15) is 0 Å². The van der Waals surface area contributed by atoms with E-state index in [2.05, 4.69) is 5.32 Å². The average Bonchev–Trinajstić information content (AvgIpc) is 3.04. The zero-order valence-corrected chi connectivity index (χ0v) is 21.4. The molecular weight excluding hydrogens is 444 g/mol. The number of nitrogens with one attached hydrogen (secondary N) is 1. The number of nitrogens with zero attached hydrogens (tertiary/aromatic N) is 2. The second-order valence-electron chi connectivity index (χ2n) is 9.00. The summed E-state index contributed by atoms with van der Waals surface area (Å²) in [5.74, 6) is -0.314. The van der Waals surface area contributed by atoms with Crippen LogP contribution in [0.5, 0.6) is 0 Å². The van der Waals surface area contributed by atoms with E-state index < -0.39 is 6.04 Å². The monoisotopic (exact) mass is 484 g/mol. The smallest absolute Gasteiger partial charge is 0.243 e. The molecule has 1 saturated heterocycles. The summed E-state index contributed by atoms with van der Waals surface area (Å²) < 4.78 is 0. The molecule has 0 aromatic carbocycles. The Morgan fingerprint density at radius 2 is 1.82 bits per heavy atom. The van der Waals surface area contributed by atoms with E-state index in [4.69, 9.17) is 5.73 Å². The number of unbranched alkanes of at least 4 members (excludes halogenated alkanes) is 2. The highest BCUT2D eigenvalue weighted by Gasteiger charge is 2.39. The Balaban J connectivity index is 2.44. The minimum atomic E-state index is -0.843. The maximum absolute atomic E-state index is 12.7. The van der Waals surface area contributed by atoms with Crippen molar-refractivity contribution in [2.45, 2.75) is 83.6 Å². The van der Waals surface area contributed by atoms with Gasteiger partial charge in [0, 0.05) is 51.4 Å². The van der Waals surface area contributed by atoms with E-state index in [1.54, 1.807) is 20.9 Å². The van der Waals surface area contributed by atoms with Crippen LogP contribution in [0.15, 0.2) is 0 Å². The summed E-state index contributed by atoms with van der Waals surface area (Å²) >= 11 is 1.50. The molecule has 2 atom stereocenters. The van der Waals surface area contributed by atoms with E-state index in [-0.39, 0.29) is 79.0 Å². The normalized spacial score (nSPS) is 17.1. The third-order valence-electron chi connectivity index (χ3n) is 5.66. The Bertz CT molecular complexity index is 713. The van der Waals surface area contributed by atoms with Crippen LogP contribution in [-0.2, 0) is 24.0 Å². The average molecular weight is 485 g/mol. The first-order valence-electron chi connectivity index (χ1n) is 11.7. The van der Waals surface area contributed by atoms with Crippen molar-refractivity contribution in [2.75, 3.05) is 25.9 Å². The molecule has 1 rings (SSSR count). The fourth-order valence-electron chi connectivity index (χ4n) is 3.57. The molecule has 2 unspecified atom stereocenters. The van der Waals surface area contributed by atoms with Crippen LogP contribution >= 0.6 is 11.8 Å². The lowest BCUT2D eigenvalue weighted by atomic mass is 9.99. The van der Waals surface area contributed by atoms with Crippen LogP contribution in [0.3, 0.4) is 0 Å². The van der Waals surface area contributed by atoms with Crippen LogP contribution in [0.25, 0.3) is 0 Å². The molecule has 0 aliphatic carbocycles. The quantitative estimate of drug-likeness (QED) is 0.265. The van der Waals surface area contributed by atoms with Gasteiger partial charge in [0.15, 0.2) is 0 Å². The summed E-state index contributed by atoms with van der Waals surface area (Å²) in [6, 6.07) is -0.958. The van der Waals surface area contributed by atoms with Crippen molar-refractivity contribution in [1.29, 1.82) is 0 Å². The molecule has 0 bridgehead atoms. The summed E-state index contributed by atoms with van der Waals surface area (Å²) in [6.07, 6.45) is 2.79. The SMILES string of the molecule is CC(C)C(=O)CC(C(=O)NCCN)N(C)C(=O)CCCCCSC1CC(=O)N(C(C)C)C1=O. The van der Waals surface area contributed by atoms with Gasteiger partial charge in [-0.3, -0.25) is 28.9 Å². The minimum Gasteiger partial charge on any atom is -0.353 e. The molecule has 1 aliphatic heterocycles. The minimum absolute atomic E-state index is 0.0194. The third kappa shape index (κ3) is 9.08. The van der Waals surface area contributed by atoms with Gasteiger partial charge in [-0.05, 0) is 32.4 Å². The maximum Gasteiger partial charge on any atom is 0.243 e. The van der Waals surface area contributed by atoms with Gasteiger partial charge >= 0.3 is 0 Å². The van der Waals surface area contributed by atoms with Crippen LogP contribution < -0.4 is 11.1 Å². The van der Waals surface area contributed by atoms with Gasteiger partial charge in [-0.25, -0.2) is 0 Å². The van der Waals surface area contributed by atoms with Crippen molar-refractivity contribution in [3.63, 3.8) is 0 Å². The highest BCUT2D eigenvalue weighted by atomic mass is 32.2. The Morgan fingerprint density at radius 1 is 1.15 bits per heavy atom. The first kappa shape index (κ1) is 29.1. The van der Waals surface area contributed by atoms with Gasteiger partial charge in [-0.1, -0.05) is 20.3 Å². The van der Waals surface area contributed by atoms with Crippen molar-refractivity contribution in [2.24, 2.45) is 11.7 Å². The summed E-state index contributed by atoms with van der Waals surface area (Å²) in [6.45, 7) is 7.78. The summed E-state index contributed by atoms with van der Waals surface area (Å²) in [7, 11) is 1.56. The van der Waals surface area contributed by atoms with E-state index >= 15 is 0 Å². The van der Waals surface area contributed by atoms with E-state index in [9.17, 15) is 24.0 Å².